The summed E-state index contributed by atoms with van der Waals surface area (Å²) in [4.78, 5) is 16.0. The van der Waals surface area contributed by atoms with Gasteiger partial charge in [0.2, 0.25) is 5.95 Å². The lowest BCUT2D eigenvalue weighted by Gasteiger charge is -2.13. The van der Waals surface area contributed by atoms with Gasteiger partial charge >= 0.3 is 0 Å². The molecule has 10 aromatic carbocycles. The van der Waals surface area contributed by atoms with Gasteiger partial charge < -0.3 is 4.57 Å². The highest BCUT2D eigenvalue weighted by Crippen LogP contribution is 2.40. The Kier molecular flexibility index (Phi) is 8.15. The van der Waals surface area contributed by atoms with Crippen LogP contribution in [-0.2, 0) is 0 Å². The Bertz CT molecular complexity index is 3750. The lowest BCUT2D eigenvalue weighted by atomic mass is 10.0. The minimum Gasteiger partial charge on any atom is -0.309 e. The third-order valence-electron chi connectivity index (χ3n) is 12.8. The number of hydrogen-bond donors (Lipinski definition) is 0. The van der Waals surface area contributed by atoms with Crippen molar-refractivity contribution < 1.29 is 0 Å². The van der Waals surface area contributed by atoms with Gasteiger partial charge in [-0.05, 0) is 92.3 Å². The molecule has 3 aromatic heterocycles. The molecule has 0 saturated carbocycles. The van der Waals surface area contributed by atoms with Gasteiger partial charge in [0.15, 0.2) is 11.6 Å². The number of benzene rings is 10. The van der Waals surface area contributed by atoms with Crippen LogP contribution in [0.1, 0.15) is 0 Å². The van der Waals surface area contributed by atoms with Gasteiger partial charge in [0, 0.05) is 38.4 Å². The Morgan fingerprint density at radius 1 is 0.266 bits per heavy atom. The van der Waals surface area contributed by atoms with Crippen LogP contribution in [0.25, 0.3) is 122 Å². The molecule has 64 heavy (non-hydrogen) atoms. The zero-order valence-electron chi connectivity index (χ0n) is 34.6. The minimum absolute atomic E-state index is 0.568. The smallest absolute Gasteiger partial charge is 0.238 e. The summed E-state index contributed by atoms with van der Waals surface area (Å²) in [7, 11) is 0. The molecular formula is C59H37N5. The Morgan fingerprint density at radius 3 is 1.28 bits per heavy atom. The van der Waals surface area contributed by atoms with Crippen molar-refractivity contribution in [2.45, 2.75) is 0 Å². The second kappa shape index (κ2) is 14.5. The van der Waals surface area contributed by atoms with Crippen LogP contribution in [-0.4, -0.2) is 24.1 Å². The molecule has 0 bridgehead atoms. The second-order valence-corrected chi connectivity index (χ2v) is 16.4. The van der Waals surface area contributed by atoms with Gasteiger partial charge in [-0.2, -0.15) is 9.97 Å². The summed E-state index contributed by atoms with van der Waals surface area (Å²) < 4.78 is 4.63. The highest BCUT2D eigenvalue weighted by atomic mass is 15.2. The van der Waals surface area contributed by atoms with E-state index in [0.717, 1.165) is 71.2 Å². The molecule has 0 aliphatic rings. The predicted octanol–water partition coefficient (Wildman–Crippen LogP) is 15.0. The maximum atomic E-state index is 5.36. The molecule has 0 amide bonds. The molecule has 0 spiro atoms. The first-order valence-corrected chi connectivity index (χ1v) is 21.7. The average molecular weight is 816 g/mol. The normalized spacial score (nSPS) is 11.8. The maximum Gasteiger partial charge on any atom is 0.238 e. The molecule has 5 nitrogen and oxygen atoms in total. The van der Waals surface area contributed by atoms with Gasteiger partial charge in [0.05, 0.1) is 22.1 Å². The average Bonchev–Trinajstić information content (AvgIpc) is 3.88. The largest absolute Gasteiger partial charge is 0.309 e. The molecule has 0 fully saturated rings. The van der Waals surface area contributed by atoms with Crippen LogP contribution >= 0.6 is 0 Å². The fourth-order valence-electron chi connectivity index (χ4n) is 9.78. The number of hydrogen-bond acceptors (Lipinski definition) is 3. The Labute approximate surface area is 368 Å². The predicted molar refractivity (Wildman–Crippen MR) is 265 cm³/mol. The van der Waals surface area contributed by atoms with E-state index < -0.39 is 0 Å². The number of aromatic nitrogens is 5. The third kappa shape index (κ3) is 5.75. The molecule has 0 aliphatic heterocycles. The summed E-state index contributed by atoms with van der Waals surface area (Å²) >= 11 is 0. The lowest BCUT2D eigenvalue weighted by molar-refractivity contribution is 0.955. The molecule has 5 heteroatoms. The van der Waals surface area contributed by atoms with Crippen LogP contribution in [0.4, 0.5) is 0 Å². The van der Waals surface area contributed by atoms with Gasteiger partial charge in [0.1, 0.15) is 0 Å². The summed E-state index contributed by atoms with van der Waals surface area (Å²) in [6.07, 6.45) is 0. The molecule has 0 radical (unpaired) electrons. The quantitative estimate of drug-likeness (QED) is 0.168. The van der Waals surface area contributed by atoms with Crippen molar-refractivity contribution in [3.63, 3.8) is 0 Å². The molecule has 13 aromatic rings. The van der Waals surface area contributed by atoms with Crippen LogP contribution in [0.15, 0.2) is 224 Å². The number of nitrogens with zero attached hydrogens (tertiary/aromatic N) is 5. The van der Waals surface area contributed by atoms with Crippen LogP contribution in [0.2, 0.25) is 0 Å². The fraction of sp³-hybridized carbons (Fsp3) is 0. The summed E-state index contributed by atoms with van der Waals surface area (Å²) in [5, 5.41) is 9.12. The first-order valence-electron chi connectivity index (χ1n) is 21.7. The molecule has 0 aliphatic carbocycles. The van der Waals surface area contributed by atoms with Crippen LogP contribution in [0, 0.1) is 0 Å². The lowest BCUT2D eigenvalue weighted by Crippen LogP contribution is -2.07. The van der Waals surface area contributed by atoms with Crippen molar-refractivity contribution in [2.75, 3.05) is 0 Å². The Morgan fingerprint density at radius 2 is 0.703 bits per heavy atom. The van der Waals surface area contributed by atoms with Gasteiger partial charge in [-0.15, -0.1) is 0 Å². The van der Waals surface area contributed by atoms with E-state index >= 15 is 0 Å². The third-order valence-corrected chi connectivity index (χ3v) is 12.8. The summed E-state index contributed by atoms with van der Waals surface area (Å²) in [5.41, 5.74) is 12.1. The van der Waals surface area contributed by atoms with E-state index in [-0.39, 0.29) is 0 Å². The first kappa shape index (κ1) is 36.0. The first-order chi connectivity index (χ1) is 31.7. The zero-order valence-corrected chi connectivity index (χ0v) is 34.6. The van der Waals surface area contributed by atoms with Gasteiger partial charge in [-0.1, -0.05) is 176 Å². The summed E-state index contributed by atoms with van der Waals surface area (Å²) in [5.74, 6) is 1.82. The number of rotatable bonds is 6. The minimum atomic E-state index is 0.568. The summed E-state index contributed by atoms with van der Waals surface area (Å²) in [6, 6.07) is 80.0. The van der Waals surface area contributed by atoms with E-state index in [0.29, 0.717) is 17.6 Å². The number of fused-ring (bicyclic) bond motifs is 8. The van der Waals surface area contributed by atoms with Crippen molar-refractivity contribution >= 4 is 65.2 Å². The number of para-hydroxylation sites is 1. The Balaban J connectivity index is 1.05. The van der Waals surface area contributed by atoms with E-state index in [1.807, 2.05) is 0 Å². The van der Waals surface area contributed by atoms with E-state index in [1.54, 1.807) is 0 Å². The molecule has 3 heterocycles. The van der Waals surface area contributed by atoms with Gasteiger partial charge in [-0.25, -0.2) is 4.98 Å². The van der Waals surface area contributed by atoms with Gasteiger partial charge in [0.25, 0.3) is 0 Å². The van der Waals surface area contributed by atoms with Crippen molar-refractivity contribution in [3.8, 4) is 56.7 Å². The second-order valence-electron chi connectivity index (χ2n) is 16.4. The topological polar surface area (TPSA) is 48.5 Å². The molecule has 0 atom stereocenters. The maximum absolute atomic E-state index is 5.36. The molecule has 0 saturated heterocycles. The van der Waals surface area contributed by atoms with Crippen molar-refractivity contribution in [1.82, 2.24) is 24.1 Å². The van der Waals surface area contributed by atoms with Crippen LogP contribution < -0.4 is 0 Å². The monoisotopic (exact) mass is 815 g/mol. The molecule has 0 unspecified atom stereocenters. The van der Waals surface area contributed by atoms with Crippen molar-refractivity contribution in [2.24, 2.45) is 0 Å². The summed E-state index contributed by atoms with van der Waals surface area (Å²) in [6.45, 7) is 0. The van der Waals surface area contributed by atoms with E-state index in [2.05, 4.69) is 234 Å². The fourth-order valence-corrected chi connectivity index (χ4v) is 9.78. The SMILES string of the molecule is c1ccc(-c2ccc3c(c2)c2cc(-c4ccccc4)ccc2n3-c2ccc3c(c2)c2ccccc2n3-c2nc(-c3cccc4ccccc34)nc(-c3cccc4ccccc34)n2)cc1. The standard InChI is InChI=1S/C59H37N5/c1-3-15-38(16-4-1)42-29-32-54-50(35-42)51-36-43(39-17-5-2-6-18-39)30-33-55(51)63(54)44-31-34-56-52(37-44)47-25-11-12-28-53(47)64(56)59-61-57(48-26-13-21-40-19-7-9-23-45(40)48)60-58(62-59)49-27-14-22-41-20-8-10-24-46(41)49/h1-37H. The molecule has 13 rings (SSSR count). The Hall–Kier alpha value is -8.67. The molecule has 298 valence electrons. The van der Waals surface area contributed by atoms with E-state index in [4.69, 9.17) is 15.0 Å². The van der Waals surface area contributed by atoms with E-state index in [9.17, 15) is 0 Å². The zero-order chi connectivity index (χ0) is 42.1. The van der Waals surface area contributed by atoms with Crippen molar-refractivity contribution in [1.29, 1.82) is 0 Å². The molecular weight excluding hydrogens is 779 g/mol. The van der Waals surface area contributed by atoms with Crippen LogP contribution in [0.3, 0.4) is 0 Å². The van der Waals surface area contributed by atoms with Crippen molar-refractivity contribution in [3.05, 3.63) is 224 Å². The highest BCUT2D eigenvalue weighted by molar-refractivity contribution is 6.13. The molecule has 0 N–H and O–H groups in total. The van der Waals surface area contributed by atoms with E-state index in [1.165, 1.54) is 33.0 Å². The highest BCUT2D eigenvalue weighted by Gasteiger charge is 2.21. The van der Waals surface area contributed by atoms with Gasteiger partial charge in [-0.3, -0.25) is 4.57 Å². The van der Waals surface area contributed by atoms with Crippen LogP contribution in [0.5, 0.6) is 0 Å².